The van der Waals surface area contributed by atoms with Crippen LogP contribution in [0.15, 0.2) is 54.6 Å². The standard InChI is InChI=1S/C20H22N2O2/c21-20(24)18-8-6-15(7-9-18)14-22-12-10-17(11-13-22)19(23)16-4-2-1-3-5-16/h1-9,17H,10-14H2,(H2,21,24). The smallest absolute Gasteiger partial charge is 0.248 e. The summed E-state index contributed by atoms with van der Waals surface area (Å²) in [6.07, 6.45) is 1.79. The van der Waals surface area contributed by atoms with E-state index in [1.807, 2.05) is 42.5 Å². The number of rotatable bonds is 5. The van der Waals surface area contributed by atoms with Crippen LogP contribution in [0.4, 0.5) is 0 Å². The van der Waals surface area contributed by atoms with Crippen LogP contribution in [-0.4, -0.2) is 29.7 Å². The predicted octanol–water partition coefficient (Wildman–Crippen LogP) is 2.88. The molecule has 24 heavy (non-hydrogen) atoms. The van der Waals surface area contributed by atoms with Crippen LogP contribution in [0, 0.1) is 5.92 Å². The summed E-state index contributed by atoms with van der Waals surface area (Å²) in [4.78, 5) is 26.0. The fraction of sp³-hybridized carbons (Fsp3) is 0.300. The number of ketones is 1. The Morgan fingerprint density at radius 1 is 0.917 bits per heavy atom. The van der Waals surface area contributed by atoms with E-state index in [9.17, 15) is 9.59 Å². The molecule has 1 heterocycles. The van der Waals surface area contributed by atoms with Crippen LogP contribution in [0.1, 0.15) is 39.1 Å². The molecule has 1 aliphatic rings. The number of carbonyl (C=O) groups is 2. The van der Waals surface area contributed by atoms with Gasteiger partial charge in [0.1, 0.15) is 0 Å². The molecular formula is C20H22N2O2. The maximum Gasteiger partial charge on any atom is 0.248 e. The highest BCUT2D eigenvalue weighted by atomic mass is 16.1. The first-order chi connectivity index (χ1) is 11.6. The van der Waals surface area contributed by atoms with Crippen LogP contribution in [-0.2, 0) is 6.54 Å². The van der Waals surface area contributed by atoms with Crippen molar-refractivity contribution in [1.29, 1.82) is 0 Å². The highest BCUT2D eigenvalue weighted by molar-refractivity contribution is 5.97. The van der Waals surface area contributed by atoms with E-state index in [2.05, 4.69) is 4.90 Å². The van der Waals surface area contributed by atoms with Gasteiger partial charge >= 0.3 is 0 Å². The second-order valence-corrected chi connectivity index (χ2v) is 6.34. The van der Waals surface area contributed by atoms with Gasteiger partial charge in [-0.3, -0.25) is 14.5 Å². The average molecular weight is 322 g/mol. The van der Waals surface area contributed by atoms with Crippen LogP contribution < -0.4 is 5.73 Å². The maximum absolute atomic E-state index is 12.5. The quantitative estimate of drug-likeness (QED) is 0.861. The molecule has 2 N–H and O–H groups in total. The molecule has 4 nitrogen and oxygen atoms in total. The molecule has 0 unspecified atom stereocenters. The van der Waals surface area contributed by atoms with Crippen LogP contribution in [0.2, 0.25) is 0 Å². The van der Waals surface area contributed by atoms with Gasteiger partial charge < -0.3 is 5.73 Å². The predicted molar refractivity (Wildman–Crippen MR) is 93.7 cm³/mol. The number of nitrogens with two attached hydrogens (primary N) is 1. The largest absolute Gasteiger partial charge is 0.366 e. The molecule has 0 saturated carbocycles. The number of likely N-dealkylation sites (tertiary alicyclic amines) is 1. The SMILES string of the molecule is NC(=O)c1ccc(CN2CCC(C(=O)c3ccccc3)CC2)cc1. The highest BCUT2D eigenvalue weighted by Gasteiger charge is 2.25. The molecule has 1 fully saturated rings. The lowest BCUT2D eigenvalue weighted by Crippen LogP contribution is -2.35. The van der Waals surface area contributed by atoms with E-state index in [0.29, 0.717) is 5.56 Å². The molecule has 0 aromatic heterocycles. The molecule has 3 rings (SSSR count). The van der Waals surface area contributed by atoms with Crippen molar-refractivity contribution in [3.05, 3.63) is 71.3 Å². The van der Waals surface area contributed by atoms with Crippen LogP contribution in [0.3, 0.4) is 0 Å². The Hall–Kier alpha value is -2.46. The van der Waals surface area contributed by atoms with Crippen LogP contribution >= 0.6 is 0 Å². The number of carbonyl (C=O) groups excluding carboxylic acids is 2. The molecule has 1 amide bonds. The molecule has 4 heteroatoms. The lowest BCUT2D eigenvalue weighted by Gasteiger charge is -2.31. The molecule has 0 spiro atoms. The lowest BCUT2D eigenvalue weighted by atomic mass is 9.89. The van der Waals surface area contributed by atoms with Gasteiger partial charge in [-0.05, 0) is 43.6 Å². The molecule has 1 aliphatic heterocycles. The van der Waals surface area contributed by atoms with Gasteiger partial charge in [-0.2, -0.15) is 0 Å². The highest BCUT2D eigenvalue weighted by Crippen LogP contribution is 2.23. The summed E-state index contributed by atoms with van der Waals surface area (Å²) in [5.74, 6) is -0.0104. The van der Waals surface area contributed by atoms with Gasteiger partial charge in [-0.25, -0.2) is 0 Å². The monoisotopic (exact) mass is 322 g/mol. The van der Waals surface area contributed by atoms with Crippen LogP contribution in [0.5, 0.6) is 0 Å². The Morgan fingerprint density at radius 2 is 1.54 bits per heavy atom. The number of amides is 1. The minimum atomic E-state index is -0.401. The molecule has 124 valence electrons. The van der Waals surface area contributed by atoms with E-state index < -0.39 is 5.91 Å². The third-order valence-electron chi connectivity index (χ3n) is 4.66. The van der Waals surface area contributed by atoms with Crippen molar-refractivity contribution in [2.45, 2.75) is 19.4 Å². The van der Waals surface area contributed by atoms with Gasteiger partial charge in [0.05, 0.1) is 0 Å². The minimum absolute atomic E-state index is 0.126. The van der Waals surface area contributed by atoms with Crippen molar-refractivity contribution in [3.8, 4) is 0 Å². The van der Waals surface area contributed by atoms with E-state index in [-0.39, 0.29) is 11.7 Å². The van der Waals surface area contributed by atoms with Gasteiger partial charge in [0.2, 0.25) is 5.91 Å². The number of hydrogen-bond acceptors (Lipinski definition) is 3. The lowest BCUT2D eigenvalue weighted by molar-refractivity contribution is 0.0834. The first kappa shape index (κ1) is 16.4. The zero-order chi connectivity index (χ0) is 16.9. The summed E-state index contributed by atoms with van der Waals surface area (Å²) in [5, 5.41) is 0. The summed E-state index contributed by atoms with van der Waals surface area (Å²) >= 11 is 0. The molecule has 2 aromatic carbocycles. The molecular weight excluding hydrogens is 300 g/mol. The van der Waals surface area contributed by atoms with Gasteiger partial charge in [0.15, 0.2) is 5.78 Å². The van der Waals surface area contributed by atoms with Crippen molar-refractivity contribution in [2.75, 3.05) is 13.1 Å². The van der Waals surface area contributed by atoms with Gasteiger partial charge in [-0.1, -0.05) is 42.5 Å². The van der Waals surface area contributed by atoms with Crippen molar-refractivity contribution in [3.63, 3.8) is 0 Å². The van der Waals surface area contributed by atoms with Crippen molar-refractivity contribution in [2.24, 2.45) is 11.7 Å². The summed E-state index contributed by atoms with van der Waals surface area (Å²) in [6.45, 7) is 2.67. The second-order valence-electron chi connectivity index (χ2n) is 6.34. The molecule has 0 aliphatic carbocycles. The van der Waals surface area contributed by atoms with E-state index in [1.165, 1.54) is 0 Å². The molecule has 2 aromatic rings. The number of piperidine rings is 1. The van der Waals surface area contributed by atoms with E-state index in [1.54, 1.807) is 12.1 Å². The van der Waals surface area contributed by atoms with Crippen LogP contribution in [0.25, 0.3) is 0 Å². The minimum Gasteiger partial charge on any atom is -0.366 e. The van der Waals surface area contributed by atoms with Crippen molar-refractivity contribution < 1.29 is 9.59 Å². The number of benzene rings is 2. The zero-order valence-electron chi connectivity index (χ0n) is 13.7. The third-order valence-corrected chi connectivity index (χ3v) is 4.66. The molecule has 0 bridgehead atoms. The van der Waals surface area contributed by atoms with Crippen molar-refractivity contribution >= 4 is 11.7 Å². The number of Topliss-reactive ketones (excluding diaryl/α,β-unsaturated/α-hetero) is 1. The molecule has 0 radical (unpaired) electrons. The Bertz CT molecular complexity index is 702. The topological polar surface area (TPSA) is 63.4 Å². The summed E-state index contributed by atoms with van der Waals surface area (Å²) in [5.41, 5.74) is 7.77. The maximum atomic E-state index is 12.5. The summed E-state index contributed by atoms with van der Waals surface area (Å²) in [7, 11) is 0. The fourth-order valence-corrected chi connectivity index (χ4v) is 3.22. The number of hydrogen-bond donors (Lipinski definition) is 1. The number of primary amides is 1. The average Bonchev–Trinajstić information content (AvgIpc) is 2.63. The number of nitrogens with zero attached hydrogens (tertiary/aromatic N) is 1. The van der Waals surface area contributed by atoms with Gasteiger partial charge in [0, 0.05) is 23.6 Å². The van der Waals surface area contributed by atoms with Gasteiger partial charge in [-0.15, -0.1) is 0 Å². The normalized spacial score (nSPS) is 16.0. The second kappa shape index (κ2) is 7.41. The molecule has 0 atom stereocenters. The Kier molecular flexibility index (Phi) is 5.06. The Balaban J connectivity index is 1.53. The first-order valence-corrected chi connectivity index (χ1v) is 8.34. The fourth-order valence-electron chi connectivity index (χ4n) is 3.22. The third kappa shape index (κ3) is 3.89. The van der Waals surface area contributed by atoms with Crippen molar-refractivity contribution in [1.82, 2.24) is 4.90 Å². The Labute approximate surface area is 142 Å². The first-order valence-electron chi connectivity index (χ1n) is 8.34. The van der Waals surface area contributed by atoms with E-state index in [0.717, 1.165) is 43.6 Å². The summed E-state index contributed by atoms with van der Waals surface area (Å²) in [6, 6.07) is 17.0. The Morgan fingerprint density at radius 3 is 2.12 bits per heavy atom. The van der Waals surface area contributed by atoms with Gasteiger partial charge in [0.25, 0.3) is 0 Å². The molecule has 1 saturated heterocycles. The zero-order valence-corrected chi connectivity index (χ0v) is 13.7. The van der Waals surface area contributed by atoms with E-state index >= 15 is 0 Å². The summed E-state index contributed by atoms with van der Waals surface area (Å²) < 4.78 is 0. The van der Waals surface area contributed by atoms with E-state index in [4.69, 9.17) is 5.73 Å².